The summed E-state index contributed by atoms with van der Waals surface area (Å²) in [4.78, 5) is 11.9. The molecular formula is C12H16N2OS. The van der Waals surface area contributed by atoms with Crippen LogP contribution in [0.1, 0.15) is 5.56 Å². The van der Waals surface area contributed by atoms with Gasteiger partial charge >= 0.3 is 0 Å². The maximum atomic E-state index is 11.9. The van der Waals surface area contributed by atoms with Gasteiger partial charge in [0, 0.05) is 23.7 Å². The third-order valence-electron chi connectivity index (χ3n) is 2.64. The third kappa shape index (κ3) is 2.77. The number of hydrogen-bond acceptors (Lipinski definition) is 3. The molecule has 2 rings (SSSR count). The minimum Gasteiger partial charge on any atom is -0.324 e. The van der Waals surface area contributed by atoms with Crippen LogP contribution in [0.3, 0.4) is 0 Å². The number of para-hydroxylation sites is 1. The van der Waals surface area contributed by atoms with Crippen LogP contribution >= 0.6 is 11.8 Å². The van der Waals surface area contributed by atoms with E-state index < -0.39 is 0 Å². The number of benzene rings is 1. The maximum Gasteiger partial charge on any atom is 0.242 e. The Morgan fingerprint density at radius 3 is 3.00 bits per heavy atom. The minimum atomic E-state index is -0.0571. The fraction of sp³-hybridized carbons (Fsp3) is 0.417. The smallest absolute Gasteiger partial charge is 0.242 e. The number of rotatable bonds is 2. The molecule has 16 heavy (non-hydrogen) atoms. The van der Waals surface area contributed by atoms with Crippen molar-refractivity contribution >= 4 is 23.4 Å². The summed E-state index contributed by atoms with van der Waals surface area (Å²) in [5, 5.41) is 6.19. The van der Waals surface area contributed by atoms with Gasteiger partial charge < -0.3 is 10.6 Å². The lowest BCUT2D eigenvalue weighted by molar-refractivity contribution is -0.117. The van der Waals surface area contributed by atoms with E-state index >= 15 is 0 Å². The summed E-state index contributed by atoms with van der Waals surface area (Å²) >= 11 is 1.82. The monoisotopic (exact) mass is 236 g/mol. The molecule has 86 valence electrons. The third-order valence-corrected chi connectivity index (χ3v) is 3.70. The molecule has 3 nitrogen and oxygen atoms in total. The molecule has 1 aliphatic heterocycles. The summed E-state index contributed by atoms with van der Waals surface area (Å²) in [6.45, 7) is 2.91. The quantitative estimate of drug-likeness (QED) is 0.820. The Bertz CT molecular complexity index is 375. The molecule has 1 amide bonds. The van der Waals surface area contributed by atoms with E-state index in [2.05, 4.69) is 10.6 Å². The highest BCUT2D eigenvalue weighted by Crippen LogP contribution is 2.15. The molecule has 4 heteroatoms. The van der Waals surface area contributed by atoms with Gasteiger partial charge in [-0.3, -0.25) is 4.79 Å². The molecule has 0 aliphatic carbocycles. The molecule has 1 aromatic rings. The largest absolute Gasteiger partial charge is 0.324 e. The van der Waals surface area contributed by atoms with E-state index in [1.54, 1.807) is 0 Å². The van der Waals surface area contributed by atoms with Gasteiger partial charge in [-0.1, -0.05) is 18.2 Å². The van der Waals surface area contributed by atoms with Crippen LogP contribution in [-0.2, 0) is 4.79 Å². The van der Waals surface area contributed by atoms with Gasteiger partial charge in [0.15, 0.2) is 0 Å². The zero-order valence-corrected chi connectivity index (χ0v) is 10.1. The minimum absolute atomic E-state index is 0.0571. The summed E-state index contributed by atoms with van der Waals surface area (Å²) in [5.74, 6) is 2.02. The Labute approximate surface area is 100.0 Å². The Morgan fingerprint density at radius 1 is 1.50 bits per heavy atom. The van der Waals surface area contributed by atoms with Crippen molar-refractivity contribution in [3.63, 3.8) is 0 Å². The second-order valence-corrected chi connectivity index (χ2v) is 5.04. The molecule has 0 spiro atoms. The zero-order valence-electron chi connectivity index (χ0n) is 9.32. The summed E-state index contributed by atoms with van der Waals surface area (Å²) in [6.07, 6.45) is 0. The maximum absolute atomic E-state index is 11.9. The van der Waals surface area contributed by atoms with E-state index in [1.165, 1.54) is 0 Å². The van der Waals surface area contributed by atoms with E-state index in [4.69, 9.17) is 0 Å². The number of thioether (sulfide) groups is 1. The van der Waals surface area contributed by atoms with Gasteiger partial charge in [0.05, 0.1) is 6.04 Å². The van der Waals surface area contributed by atoms with Gasteiger partial charge in [0.1, 0.15) is 0 Å². The van der Waals surface area contributed by atoms with Crippen molar-refractivity contribution in [2.45, 2.75) is 13.0 Å². The topological polar surface area (TPSA) is 41.1 Å². The number of nitrogens with one attached hydrogen (secondary N) is 2. The first-order chi connectivity index (χ1) is 7.77. The molecule has 0 aromatic heterocycles. The first kappa shape index (κ1) is 11.5. The number of carbonyl (C=O) groups excluding carboxylic acids is 1. The van der Waals surface area contributed by atoms with E-state index in [1.807, 2.05) is 43.0 Å². The summed E-state index contributed by atoms with van der Waals surface area (Å²) in [6, 6.07) is 7.78. The predicted octanol–water partition coefficient (Wildman–Crippen LogP) is 1.64. The Hall–Kier alpha value is -1.000. The molecule has 0 saturated carbocycles. The average molecular weight is 236 g/mol. The molecule has 2 N–H and O–H groups in total. The first-order valence-corrected chi connectivity index (χ1v) is 6.60. The lowest BCUT2D eigenvalue weighted by Gasteiger charge is -2.22. The van der Waals surface area contributed by atoms with Crippen molar-refractivity contribution in [2.75, 3.05) is 23.4 Å². The van der Waals surface area contributed by atoms with Crippen molar-refractivity contribution in [3.05, 3.63) is 29.8 Å². The molecule has 1 fully saturated rings. The SMILES string of the molecule is Cc1ccccc1NC(=O)C1CSCCN1. The number of carbonyl (C=O) groups is 1. The van der Waals surface area contributed by atoms with Crippen LogP contribution in [0.2, 0.25) is 0 Å². The molecule has 1 atom stereocenters. The Kier molecular flexibility index (Phi) is 3.85. The molecule has 0 bridgehead atoms. The van der Waals surface area contributed by atoms with E-state index in [0.29, 0.717) is 0 Å². The summed E-state index contributed by atoms with van der Waals surface area (Å²) in [5.41, 5.74) is 2.00. The van der Waals surface area contributed by atoms with Crippen LogP contribution in [0.25, 0.3) is 0 Å². The van der Waals surface area contributed by atoms with Crippen LogP contribution < -0.4 is 10.6 Å². The van der Waals surface area contributed by atoms with E-state index in [0.717, 1.165) is 29.3 Å². The van der Waals surface area contributed by atoms with Crippen molar-refractivity contribution in [2.24, 2.45) is 0 Å². The van der Waals surface area contributed by atoms with Gasteiger partial charge in [-0.25, -0.2) is 0 Å². The van der Waals surface area contributed by atoms with Crippen LogP contribution in [0.5, 0.6) is 0 Å². The van der Waals surface area contributed by atoms with Crippen molar-refractivity contribution in [1.29, 1.82) is 0 Å². The van der Waals surface area contributed by atoms with Crippen molar-refractivity contribution < 1.29 is 4.79 Å². The van der Waals surface area contributed by atoms with E-state index in [9.17, 15) is 4.79 Å². The second-order valence-electron chi connectivity index (χ2n) is 3.89. The van der Waals surface area contributed by atoms with Gasteiger partial charge in [-0.15, -0.1) is 0 Å². The summed E-state index contributed by atoms with van der Waals surface area (Å²) < 4.78 is 0. The van der Waals surface area contributed by atoms with Gasteiger partial charge in [-0.2, -0.15) is 11.8 Å². The van der Waals surface area contributed by atoms with Gasteiger partial charge in [0.25, 0.3) is 0 Å². The Morgan fingerprint density at radius 2 is 2.31 bits per heavy atom. The van der Waals surface area contributed by atoms with Crippen LogP contribution in [0.15, 0.2) is 24.3 Å². The fourth-order valence-corrected chi connectivity index (χ4v) is 2.60. The lowest BCUT2D eigenvalue weighted by Crippen LogP contribution is -2.46. The predicted molar refractivity (Wildman–Crippen MR) is 68.9 cm³/mol. The normalized spacial score (nSPS) is 20.4. The highest BCUT2D eigenvalue weighted by atomic mass is 32.2. The zero-order chi connectivity index (χ0) is 11.4. The number of anilines is 1. The standard InChI is InChI=1S/C12H16N2OS/c1-9-4-2-3-5-10(9)14-12(15)11-8-16-7-6-13-11/h2-5,11,13H,6-8H2,1H3,(H,14,15). The average Bonchev–Trinajstić information content (AvgIpc) is 2.33. The molecule has 1 saturated heterocycles. The highest BCUT2D eigenvalue weighted by molar-refractivity contribution is 7.99. The molecule has 0 radical (unpaired) electrons. The summed E-state index contributed by atoms with van der Waals surface area (Å²) in [7, 11) is 0. The molecule has 1 heterocycles. The molecular weight excluding hydrogens is 220 g/mol. The number of aryl methyl sites for hydroxylation is 1. The van der Waals surface area contributed by atoms with Crippen LogP contribution in [-0.4, -0.2) is 30.0 Å². The van der Waals surface area contributed by atoms with Gasteiger partial charge in [0.2, 0.25) is 5.91 Å². The molecule has 1 unspecified atom stereocenters. The number of hydrogen-bond donors (Lipinski definition) is 2. The first-order valence-electron chi connectivity index (χ1n) is 5.45. The van der Waals surface area contributed by atoms with Crippen LogP contribution in [0, 0.1) is 6.92 Å². The fourth-order valence-electron chi connectivity index (χ4n) is 1.67. The number of amides is 1. The van der Waals surface area contributed by atoms with Crippen LogP contribution in [0.4, 0.5) is 5.69 Å². The van der Waals surface area contributed by atoms with Crippen molar-refractivity contribution in [3.8, 4) is 0 Å². The molecule has 1 aliphatic rings. The highest BCUT2D eigenvalue weighted by Gasteiger charge is 2.20. The Balaban J connectivity index is 1.99. The molecule has 1 aromatic carbocycles. The second kappa shape index (κ2) is 5.37. The van der Waals surface area contributed by atoms with Crippen molar-refractivity contribution in [1.82, 2.24) is 5.32 Å². The van der Waals surface area contributed by atoms with Gasteiger partial charge in [-0.05, 0) is 18.6 Å². The van der Waals surface area contributed by atoms with E-state index in [-0.39, 0.29) is 11.9 Å². The lowest BCUT2D eigenvalue weighted by atomic mass is 10.2.